The standard InChI is InChI=1S/C21H24NO3.Mo/c1-14-20-9-10-22(13-15-6-7-15)18(21(20,24)8-3-11-23)12-16-4-2-5-17(25-14)19(16)20;/h2,4,11,15,18,24H,1,3,6-10,12-13H2;/q-1;/t18-,20-,21?;/m1./s1. The Kier molecular flexibility index (Phi) is 4.45. The van der Waals surface area contributed by atoms with E-state index in [0.717, 1.165) is 49.4 Å². The molecule has 1 unspecified atom stereocenters. The van der Waals surface area contributed by atoms with Gasteiger partial charge in [0.25, 0.3) is 0 Å². The third-order valence-corrected chi connectivity index (χ3v) is 6.93. The van der Waals surface area contributed by atoms with Crippen LogP contribution in [0.25, 0.3) is 0 Å². The summed E-state index contributed by atoms with van der Waals surface area (Å²) in [6.07, 6.45) is 5.93. The monoisotopic (exact) mass is 436 g/mol. The van der Waals surface area contributed by atoms with Crippen LogP contribution in [0.5, 0.6) is 5.75 Å². The zero-order valence-corrected chi connectivity index (χ0v) is 16.9. The number of hydrogen-bond acceptors (Lipinski definition) is 4. The number of carbonyl (C=O) groups excluding carboxylic acids is 1. The van der Waals surface area contributed by atoms with Crippen LogP contribution >= 0.6 is 0 Å². The fraction of sp³-hybridized carbons (Fsp3) is 0.571. The summed E-state index contributed by atoms with van der Waals surface area (Å²) in [5.74, 6) is 2.13. The SMILES string of the molecule is C=C1Oc2[c-]ccc3c2[C@@]12CCN(CC1CC1)[C@H](C3)C2(O)CCC=O.[Mo]. The topological polar surface area (TPSA) is 49.8 Å². The maximum Gasteiger partial charge on any atom is 0.120 e. The van der Waals surface area contributed by atoms with Gasteiger partial charge in [0.2, 0.25) is 0 Å². The van der Waals surface area contributed by atoms with Gasteiger partial charge in [0.1, 0.15) is 6.29 Å². The number of aliphatic hydroxyl groups is 1. The second-order valence-electron chi connectivity index (χ2n) is 8.18. The zero-order chi connectivity index (χ0) is 17.2. The van der Waals surface area contributed by atoms with Gasteiger partial charge in [-0.15, -0.1) is 11.6 Å². The number of piperidine rings is 1. The zero-order valence-electron chi connectivity index (χ0n) is 14.9. The van der Waals surface area contributed by atoms with Crippen LogP contribution in [-0.2, 0) is 37.7 Å². The summed E-state index contributed by atoms with van der Waals surface area (Å²) in [5, 5.41) is 12.0. The molecule has 0 radical (unpaired) electrons. The molecule has 2 heterocycles. The molecule has 26 heavy (non-hydrogen) atoms. The maximum atomic E-state index is 12.0. The van der Waals surface area contributed by atoms with Crippen LogP contribution in [0.1, 0.15) is 43.2 Å². The molecular weight excluding hydrogens is 410 g/mol. The van der Waals surface area contributed by atoms with Crippen molar-refractivity contribution in [2.24, 2.45) is 5.92 Å². The first-order chi connectivity index (χ1) is 12.1. The third kappa shape index (κ3) is 2.28. The molecular formula is C21H24MoNO3-. The van der Waals surface area contributed by atoms with Crippen molar-refractivity contribution in [1.82, 2.24) is 4.90 Å². The van der Waals surface area contributed by atoms with Crippen molar-refractivity contribution in [1.29, 1.82) is 0 Å². The van der Waals surface area contributed by atoms with Gasteiger partial charge in [-0.2, -0.15) is 12.1 Å². The van der Waals surface area contributed by atoms with Gasteiger partial charge in [-0.3, -0.25) is 4.90 Å². The van der Waals surface area contributed by atoms with Crippen LogP contribution in [0.15, 0.2) is 24.5 Å². The van der Waals surface area contributed by atoms with Gasteiger partial charge >= 0.3 is 0 Å². The number of carbonyl (C=O) groups is 1. The quantitative estimate of drug-likeness (QED) is 0.439. The average molecular weight is 434 g/mol. The largest absolute Gasteiger partial charge is 0.488 e. The molecule has 0 amide bonds. The molecule has 2 bridgehead atoms. The minimum absolute atomic E-state index is 0. The Morgan fingerprint density at radius 2 is 2.27 bits per heavy atom. The molecule has 2 aliphatic heterocycles. The van der Waals surface area contributed by atoms with Crippen LogP contribution in [0, 0.1) is 12.0 Å². The van der Waals surface area contributed by atoms with Crippen molar-refractivity contribution in [3.05, 3.63) is 41.7 Å². The van der Waals surface area contributed by atoms with E-state index < -0.39 is 11.0 Å². The summed E-state index contributed by atoms with van der Waals surface area (Å²) in [6, 6.07) is 7.23. The molecule has 1 saturated carbocycles. The molecule has 1 saturated heterocycles. The second-order valence-corrected chi connectivity index (χ2v) is 8.18. The Hall–Kier alpha value is -0.962. The van der Waals surface area contributed by atoms with Gasteiger partial charge in [-0.25, -0.2) is 0 Å². The fourth-order valence-corrected chi connectivity index (χ4v) is 5.60. The Morgan fingerprint density at radius 3 is 3.00 bits per heavy atom. The van der Waals surface area contributed by atoms with E-state index in [4.69, 9.17) is 4.74 Å². The van der Waals surface area contributed by atoms with Crippen molar-refractivity contribution in [2.75, 3.05) is 13.1 Å². The molecule has 4 nitrogen and oxygen atoms in total. The van der Waals surface area contributed by atoms with Crippen molar-refractivity contribution >= 4 is 6.29 Å². The normalized spacial score (nSPS) is 34.7. The first-order valence-electron chi connectivity index (χ1n) is 9.41. The fourth-order valence-electron chi connectivity index (χ4n) is 5.60. The first-order valence-corrected chi connectivity index (χ1v) is 9.41. The van der Waals surface area contributed by atoms with E-state index in [-0.39, 0.29) is 27.1 Å². The van der Waals surface area contributed by atoms with Gasteiger partial charge in [0.05, 0.1) is 11.4 Å². The van der Waals surface area contributed by atoms with Crippen LogP contribution in [-0.4, -0.2) is 41.0 Å². The van der Waals surface area contributed by atoms with Gasteiger partial charge in [-0.05, 0) is 44.6 Å². The Labute approximate surface area is 168 Å². The summed E-state index contributed by atoms with van der Waals surface area (Å²) in [5.41, 5.74) is 0.719. The molecule has 1 N–H and O–H groups in total. The van der Waals surface area contributed by atoms with Crippen LogP contribution in [0.2, 0.25) is 0 Å². The predicted octanol–water partition coefficient (Wildman–Crippen LogP) is 2.38. The van der Waals surface area contributed by atoms with E-state index in [0.29, 0.717) is 18.6 Å². The first kappa shape index (κ1) is 18.4. The van der Waals surface area contributed by atoms with Crippen LogP contribution in [0.3, 0.4) is 0 Å². The maximum absolute atomic E-state index is 12.0. The van der Waals surface area contributed by atoms with E-state index >= 15 is 0 Å². The smallest absolute Gasteiger partial charge is 0.120 e. The summed E-state index contributed by atoms with van der Waals surface area (Å²) in [7, 11) is 0. The summed E-state index contributed by atoms with van der Waals surface area (Å²) in [4.78, 5) is 13.6. The minimum Gasteiger partial charge on any atom is -0.488 e. The van der Waals surface area contributed by atoms with Crippen molar-refractivity contribution in [2.45, 2.75) is 55.6 Å². The van der Waals surface area contributed by atoms with E-state index in [1.54, 1.807) is 0 Å². The molecule has 4 aliphatic rings. The molecule has 2 fully saturated rings. The Bertz CT molecular complexity index is 762. The molecule has 138 valence electrons. The van der Waals surface area contributed by atoms with Gasteiger partial charge in [0.15, 0.2) is 0 Å². The number of ether oxygens (including phenoxy) is 1. The Balaban J connectivity index is 0.00000168. The van der Waals surface area contributed by atoms with Crippen molar-refractivity contribution in [3.8, 4) is 5.75 Å². The average Bonchev–Trinajstić information content (AvgIpc) is 3.35. The van der Waals surface area contributed by atoms with Crippen molar-refractivity contribution < 1.29 is 35.7 Å². The van der Waals surface area contributed by atoms with Crippen molar-refractivity contribution in [3.63, 3.8) is 0 Å². The number of aldehydes is 1. The number of nitrogens with zero attached hydrogens (tertiary/aromatic N) is 1. The van der Waals surface area contributed by atoms with E-state index in [2.05, 4.69) is 23.6 Å². The molecule has 1 spiro atoms. The number of benzene rings is 1. The molecule has 0 aromatic heterocycles. The molecule has 5 heteroatoms. The summed E-state index contributed by atoms with van der Waals surface area (Å²) in [6.45, 7) is 6.20. The minimum atomic E-state index is -1.01. The van der Waals surface area contributed by atoms with E-state index in [1.807, 2.05) is 6.07 Å². The molecule has 1 aromatic carbocycles. The summed E-state index contributed by atoms with van der Waals surface area (Å²) >= 11 is 0. The van der Waals surface area contributed by atoms with Gasteiger partial charge < -0.3 is 14.6 Å². The third-order valence-electron chi connectivity index (χ3n) is 6.93. The van der Waals surface area contributed by atoms with Crippen LogP contribution < -0.4 is 4.74 Å². The van der Waals surface area contributed by atoms with E-state index in [9.17, 15) is 9.90 Å². The van der Waals surface area contributed by atoms with Gasteiger partial charge in [0, 0.05) is 51.2 Å². The summed E-state index contributed by atoms with van der Waals surface area (Å²) < 4.78 is 5.99. The Morgan fingerprint density at radius 1 is 1.46 bits per heavy atom. The predicted molar refractivity (Wildman–Crippen MR) is 93.4 cm³/mol. The van der Waals surface area contributed by atoms with Crippen LogP contribution in [0.4, 0.5) is 0 Å². The molecule has 5 rings (SSSR count). The molecule has 2 aliphatic carbocycles. The van der Waals surface area contributed by atoms with Gasteiger partial charge in [-0.1, -0.05) is 12.1 Å². The number of hydrogen-bond donors (Lipinski definition) is 1. The number of rotatable bonds is 5. The molecule has 3 atom stereocenters. The number of likely N-dealkylation sites (tertiary alicyclic amines) is 1. The second kappa shape index (κ2) is 6.29. The van der Waals surface area contributed by atoms with E-state index in [1.165, 1.54) is 18.4 Å². The molecule has 1 aromatic rings. The number of fused-ring (bicyclic) bond motifs is 1.